The van der Waals surface area contributed by atoms with Gasteiger partial charge in [-0.3, -0.25) is 0 Å². The van der Waals surface area contributed by atoms with E-state index in [-0.39, 0.29) is 5.75 Å². The Morgan fingerprint density at radius 1 is 0.941 bits per heavy atom. The molecule has 2 aromatic carbocycles. The molecule has 0 heterocycles. The Hall–Kier alpha value is -2.29. The molecular formula is C14H13O3-. The molecule has 0 fully saturated rings. The van der Waals surface area contributed by atoms with Crippen LogP contribution in [0.4, 0.5) is 4.79 Å². The van der Waals surface area contributed by atoms with Crippen LogP contribution in [0.2, 0.25) is 0 Å². The molecule has 0 radical (unpaired) electrons. The van der Waals surface area contributed by atoms with Gasteiger partial charge in [0.1, 0.15) is 0 Å². The maximum absolute atomic E-state index is 9.84. The van der Waals surface area contributed by atoms with Gasteiger partial charge in [0.05, 0.1) is 5.75 Å². The second kappa shape index (κ2) is 7.06. The van der Waals surface area contributed by atoms with Crippen molar-refractivity contribution in [3.8, 4) is 5.75 Å². The van der Waals surface area contributed by atoms with Crippen LogP contribution in [0.1, 0.15) is 5.56 Å². The summed E-state index contributed by atoms with van der Waals surface area (Å²) < 4.78 is 4.22. The zero-order valence-corrected chi connectivity index (χ0v) is 9.50. The molecule has 0 saturated carbocycles. The number of hydrogen-bond donors (Lipinski definition) is 0. The van der Waals surface area contributed by atoms with Crippen LogP contribution < -0.4 is 9.84 Å². The quantitative estimate of drug-likeness (QED) is 0.557. The van der Waals surface area contributed by atoms with Gasteiger partial charge in [-0.05, 0) is 19.1 Å². The number of rotatable bonds is 1. The lowest BCUT2D eigenvalue weighted by Crippen LogP contribution is -2.26. The molecule has 17 heavy (non-hydrogen) atoms. The molecular weight excluding hydrogens is 216 g/mol. The Balaban J connectivity index is 0.000000181. The lowest BCUT2D eigenvalue weighted by Gasteiger charge is -2.05. The minimum atomic E-state index is -1.54. The molecule has 2 aromatic rings. The minimum Gasteiger partial charge on any atom is -0.514 e. The van der Waals surface area contributed by atoms with Gasteiger partial charge in [-0.25, -0.2) is 0 Å². The van der Waals surface area contributed by atoms with E-state index >= 15 is 0 Å². The van der Waals surface area contributed by atoms with E-state index in [1.165, 1.54) is 17.7 Å². The molecule has 3 heteroatoms. The number of benzene rings is 2. The third-order valence-corrected chi connectivity index (χ3v) is 1.88. The van der Waals surface area contributed by atoms with Crippen LogP contribution in [0, 0.1) is 6.92 Å². The third-order valence-electron chi connectivity index (χ3n) is 1.88. The summed E-state index contributed by atoms with van der Waals surface area (Å²) in [6.07, 6.45) is -1.54. The van der Waals surface area contributed by atoms with E-state index in [9.17, 15) is 9.90 Å². The Morgan fingerprint density at radius 3 is 1.76 bits per heavy atom. The van der Waals surface area contributed by atoms with Gasteiger partial charge in [0.2, 0.25) is 0 Å². The van der Waals surface area contributed by atoms with E-state index in [4.69, 9.17) is 0 Å². The van der Waals surface area contributed by atoms with Crippen molar-refractivity contribution in [2.75, 3.05) is 0 Å². The molecule has 2 rings (SSSR count). The first-order valence-electron chi connectivity index (χ1n) is 5.14. The number of aryl methyl sites for hydroxylation is 1. The van der Waals surface area contributed by atoms with E-state index in [0.29, 0.717) is 0 Å². The van der Waals surface area contributed by atoms with Gasteiger partial charge < -0.3 is 14.6 Å². The Bertz CT molecular complexity index is 438. The minimum absolute atomic E-state index is 0.280. The number of ether oxygens (including phenoxy) is 1. The first-order chi connectivity index (χ1) is 8.18. The van der Waals surface area contributed by atoms with E-state index in [1.54, 1.807) is 18.2 Å². The molecule has 0 N–H and O–H groups in total. The molecule has 0 amide bonds. The highest BCUT2D eigenvalue weighted by molar-refractivity contribution is 5.58. The van der Waals surface area contributed by atoms with Crippen molar-refractivity contribution >= 4 is 6.16 Å². The van der Waals surface area contributed by atoms with Crippen molar-refractivity contribution in [2.45, 2.75) is 6.92 Å². The second-order valence-corrected chi connectivity index (χ2v) is 3.32. The summed E-state index contributed by atoms with van der Waals surface area (Å²) in [6, 6.07) is 18.5. The van der Waals surface area contributed by atoms with Crippen LogP contribution in [0.5, 0.6) is 5.75 Å². The molecule has 3 nitrogen and oxygen atoms in total. The molecule has 0 aromatic heterocycles. The normalized spacial score (nSPS) is 8.76. The van der Waals surface area contributed by atoms with Crippen molar-refractivity contribution in [1.82, 2.24) is 0 Å². The molecule has 0 bridgehead atoms. The molecule has 0 spiro atoms. The van der Waals surface area contributed by atoms with Crippen LogP contribution in [-0.2, 0) is 0 Å². The average Bonchev–Trinajstić information content (AvgIpc) is 2.31. The van der Waals surface area contributed by atoms with Crippen molar-refractivity contribution < 1.29 is 14.6 Å². The smallest absolute Gasteiger partial charge is 0.257 e. The predicted molar refractivity (Wildman–Crippen MR) is 63.6 cm³/mol. The highest BCUT2D eigenvalue weighted by atomic mass is 16.7. The van der Waals surface area contributed by atoms with Crippen LogP contribution >= 0.6 is 0 Å². The Kier molecular flexibility index (Phi) is 5.31. The molecule has 0 aliphatic rings. The van der Waals surface area contributed by atoms with Crippen LogP contribution in [-0.4, -0.2) is 6.16 Å². The number of carboxylic acid groups (broad SMARTS) is 1. The fourth-order valence-corrected chi connectivity index (χ4v) is 1.12. The molecule has 0 aliphatic heterocycles. The van der Waals surface area contributed by atoms with Gasteiger partial charge in [0, 0.05) is 0 Å². The van der Waals surface area contributed by atoms with Crippen LogP contribution in [0.15, 0.2) is 60.7 Å². The highest BCUT2D eigenvalue weighted by Gasteiger charge is 1.85. The molecule has 0 atom stereocenters. The maximum atomic E-state index is 9.84. The number of carbonyl (C=O) groups is 1. The van der Waals surface area contributed by atoms with E-state index in [1.807, 2.05) is 18.2 Å². The fraction of sp³-hybridized carbons (Fsp3) is 0.0714. The summed E-state index contributed by atoms with van der Waals surface area (Å²) in [5.74, 6) is 0.280. The topological polar surface area (TPSA) is 49.4 Å². The van der Waals surface area contributed by atoms with Crippen molar-refractivity contribution in [2.24, 2.45) is 0 Å². The lowest BCUT2D eigenvalue weighted by molar-refractivity contribution is -0.271. The van der Waals surface area contributed by atoms with E-state index in [0.717, 1.165) is 0 Å². The number of hydrogen-bond acceptors (Lipinski definition) is 3. The summed E-state index contributed by atoms with van der Waals surface area (Å²) in [5, 5.41) is 9.84. The standard InChI is InChI=1S/C7H6O3.C7H8/c8-7(9)10-6-4-2-1-3-5-6;1-7-5-3-2-4-6-7/h1-5H,(H,8,9);2-6H,1H3/p-1. The number of para-hydroxylation sites is 1. The zero-order valence-electron chi connectivity index (χ0n) is 9.50. The molecule has 0 unspecified atom stereocenters. The average molecular weight is 229 g/mol. The van der Waals surface area contributed by atoms with Gasteiger partial charge in [0.25, 0.3) is 6.16 Å². The maximum Gasteiger partial charge on any atom is 0.257 e. The van der Waals surface area contributed by atoms with Crippen molar-refractivity contribution in [3.63, 3.8) is 0 Å². The van der Waals surface area contributed by atoms with Gasteiger partial charge >= 0.3 is 0 Å². The van der Waals surface area contributed by atoms with E-state index < -0.39 is 6.16 Å². The first kappa shape index (κ1) is 12.8. The van der Waals surface area contributed by atoms with Gasteiger partial charge in [-0.1, -0.05) is 54.1 Å². The number of carbonyl (C=O) groups excluding carboxylic acids is 1. The van der Waals surface area contributed by atoms with Crippen LogP contribution in [0.25, 0.3) is 0 Å². The lowest BCUT2D eigenvalue weighted by atomic mass is 10.2. The van der Waals surface area contributed by atoms with Gasteiger partial charge in [-0.2, -0.15) is 0 Å². The van der Waals surface area contributed by atoms with Crippen molar-refractivity contribution in [1.29, 1.82) is 0 Å². The molecule has 88 valence electrons. The Labute approximate surface area is 100 Å². The summed E-state index contributed by atoms with van der Waals surface area (Å²) >= 11 is 0. The summed E-state index contributed by atoms with van der Waals surface area (Å²) in [4.78, 5) is 9.84. The second-order valence-electron chi connectivity index (χ2n) is 3.32. The largest absolute Gasteiger partial charge is 0.514 e. The van der Waals surface area contributed by atoms with Crippen LogP contribution in [0.3, 0.4) is 0 Å². The van der Waals surface area contributed by atoms with Gasteiger partial charge in [0.15, 0.2) is 0 Å². The summed E-state index contributed by atoms with van der Waals surface area (Å²) in [7, 11) is 0. The predicted octanol–water partition coefficient (Wildman–Crippen LogP) is 2.40. The summed E-state index contributed by atoms with van der Waals surface area (Å²) in [5.41, 5.74) is 1.32. The highest BCUT2D eigenvalue weighted by Crippen LogP contribution is 2.06. The Morgan fingerprint density at radius 2 is 1.41 bits per heavy atom. The van der Waals surface area contributed by atoms with Gasteiger partial charge in [-0.15, -0.1) is 0 Å². The van der Waals surface area contributed by atoms with E-state index in [2.05, 4.69) is 23.8 Å². The fourth-order valence-electron chi connectivity index (χ4n) is 1.12. The SMILES string of the molecule is Cc1ccccc1.O=C([O-])Oc1ccccc1. The zero-order chi connectivity index (χ0) is 12.5. The summed E-state index contributed by atoms with van der Waals surface area (Å²) in [6.45, 7) is 2.08. The molecule has 0 aliphatic carbocycles. The third kappa shape index (κ3) is 5.99. The van der Waals surface area contributed by atoms with Crippen molar-refractivity contribution in [3.05, 3.63) is 66.2 Å². The molecule has 0 saturated heterocycles. The monoisotopic (exact) mass is 229 g/mol. The first-order valence-corrected chi connectivity index (χ1v) is 5.14.